The second kappa shape index (κ2) is 5.86. The van der Waals surface area contributed by atoms with Crippen molar-refractivity contribution >= 4 is 33.5 Å². The number of carbonyl (C=O) groups is 2. The van der Waals surface area contributed by atoms with Crippen LogP contribution < -0.4 is 11.1 Å². The van der Waals surface area contributed by atoms with Gasteiger partial charge in [-0.05, 0) is 34.0 Å². The molecular formula is C12H15BrN2O3. The lowest BCUT2D eigenvalue weighted by Crippen LogP contribution is -2.35. The average molecular weight is 315 g/mol. The highest BCUT2D eigenvalue weighted by molar-refractivity contribution is 9.10. The Morgan fingerprint density at radius 2 is 2.00 bits per heavy atom. The van der Waals surface area contributed by atoms with Gasteiger partial charge in [0.2, 0.25) is 0 Å². The fraction of sp³-hybridized carbons (Fsp3) is 0.333. The van der Waals surface area contributed by atoms with Crippen LogP contribution in [0.1, 0.15) is 24.2 Å². The van der Waals surface area contributed by atoms with Crippen molar-refractivity contribution < 1.29 is 14.7 Å². The summed E-state index contributed by atoms with van der Waals surface area (Å²) in [7, 11) is 0. The van der Waals surface area contributed by atoms with Crippen LogP contribution in [0.2, 0.25) is 0 Å². The van der Waals surface area contributed by atoms with Gasteiger partial charge >= 0.3 is 5.97 Å². The highest BCUT2D eigenvalue weighted by Gasteiger charge is 2.23. The number of carboxylic acids is 1. The average Bonchev–Trinajstić information content (AvgIpc) is 2.24. The van der Waals surface area contributed by atoms with E-state index in [0.717, 1.165) is 0 Å². The number of benzene rings is 1. The number of aliphatic carboxylic acids is 1. The first-order valence-corrected chi connectivity index (χ1v) is 6.21. The summed E-state index contributed by atoms with van der Waals surface area (Å²) in [5, 5.41) is 12.0. The van der Waals surface area contributed by atoms with Crippen molar-refractivity contribution in [3.8, 4) is 0 Å². The highest BCUT2D eigenvalue weighted by Crippen LogP contribution is 2.25. The van der Waals surface area contributed by atoms with Crippen molar-refractivity contribution in [3.63, 3.8) is 0 Å². The minimum absolute atomic E-state index is 0.123. The molecule has 1 aromatic rings. The maximum atomic E-state index is 11.4. The van der Waals surface area contributed by atoms with E-state index in [0.29, 0.717) is 10.2 Å². The van der Waals surface area contributed by atoms with Crippen LogP contribution in [0.4, 0.5) is 5.69 Å². The zero-order chi connectivity index (χ0) is 13.9. The van der Waals surface area contributed by atoms with Crippen molar-refractivity contribution in [1.82, 2.24) is 0 Å². The molecular weight excluding hydrogens is 300 g/mol. The first-order valence-electron chi connectivity index (χ1n) is 5.42. The van der Waals surface area contributed by atoms with Crippen molar-refractivity contribution in [2.24, 2.45) is 11.7 Å². The first-order chi connectivity index (χ1) is 8.34. The van der Waals surface area contributed by atoms with Gasteiger partial charge < -0.3 is 16.2 Å². The lowest BCUT2D eigenvalue weighted by Gasteiger charge is -2.21. The smallest absolute Gasteiger partial charge is 0.326 e. The summed E-state index contributed by atoms with van der Waals surface area (Å²) in [6.07, 6.45) is 0. The maximum Gasteiger partial charge on any atom is 0.326 e. The normalized spacial score (nSPS) is 12.2. The number of nitrogens with one attached hydrogen (secondary N) is 1. The number of hydrogen-bond acceptors (Lipinski definition) is 3. The number of amides is 1. The zero-order valence-electron chi connectivity index (χ0n) is 10.1. The molecule has 6 heteroatoms. The Bertz CT molecular complexity index is 474. The number of rotatable bonds is 5. The predicted molar refractivity (Wildman–Crippen MR) is 72.5 cm³/mol. The fourth-order valence-corrected chi connectivity index (χ4v) is 2.14. The van der Waals surface area contributed by atoms with Gasteiger partial charge in [-0.25, -0.2) is 4.79 Å². The molecule has 5 nitrogen and oxygen atoms in total. The van der Waals surface area contributed by atoms with E-state index in [2.05, 4.69) is 21.2 Å². The number of halogens is 1. The number of anilines is 1. The molecule has 18 heavy (non-hydrogen) atoms. The van der Waals surface area contributed by atoms with E-state index in [1.165, 1.54) is 0 Å². The molecule has 0 radical (unpaired) electrons. The lowest BCUT2D eigenvalue weighted by molar-refractivity contribution is -0.138. The molecule has 1 amide bonds. The summed E-state index contributed by atoms with van der Waals surface area (Å²) >= 11 is 3.22. The topological polar surface area (TPSA) is 92.4 Å². The highest BCUT2D eigenvalue weighted by atomic mass is 79.9. The molecule has 1 rings (SSSR count). The molecule has 0 aromatic heterocycles. The lowest BCUT2D eigenvalue weighted by atomic mass is 10.0. The molecule has 0 aliphatic rings. The van der Waals surface area contributed by atoms with Crippen molar-refractivity contribution in [1.29, 1.82) is 0 Å². The van der Waals surface area contributed by atoms with Gasteiger partial charge in [0, 0.05) is 10.2 Å². The Kier molecular flexibility index (Phi) is 4.72. The molecule has 0 spiro atoms. The van der Waals surface area contributed by atoms with Crippen molar-refractivity contribution in [3.05, 3.63) is 28.2 Å². The predicted octanol–water partition coefficient (Wildman–Crippen LogP) is 2.07. The van der Waals surface area contributed by atoms with Gasteiger partial charge in [-0.3, -0.25) is 4.79 Å². The molecule has 1 unspecified atom stereocenters. The van der Waals surface area contributed by atoms with Gasteiger partial charge in [-0.2, -0.15) is 0 Å². The quantitative estimate of drug-likeness (QED) is 0.775. The number of carbonyl (C=O) groups excluding carboxylic acids is 1. The number of primary amides is 1. The first kappa shape index (κ1) is 14.5. The molecule has 0 saturated carbocycles. The summed E-state index contributed by atoms with van der Waals surface area (Å²) in [4.78, 5) is 22.5. The van der Waals surface area contributed by atoms with Gasteiger partial charge in [0.25, 0.3) is 5.91 Å². The van der Waals surface area contributed by atoms with Crippen LogP contribution in [0.25, 0.3) is 0 Å². The second-order valence-corrected chi connectivity index (χ2v) is 5.09. The number of nitrogens with two attached hydrogens (primary N) is 1. The Labute approximate surface area is 113 Å². The molecule has 1 aromatic carbocycles. The van der Waals surface area contributed by atoms with Gasteiger partial charge in [0.1, 0.15) is 6.04 Å². The van der Waals surface area contributed by atoms with Crippen molar-refractivity contribution in [2.75, 3.05) is 5.32 Å². The molecule has 4 N–H and O–H groups in total. The van der Waals surface area contributed by atoms with E-state index in [1.54, 1.807) is 32.0 Å². The Balaban J connectivity index is 3.14. The molecule has 0 bridgehead atoms. The molecule has 0 saturated heterocycles. The standard InChI is InChI=1S/C12H15BrN2O3/c1-6(2)10(12(17)18)15-8-5-3-4-7(13)9(8)11(14)16/h3-6,10,15H,1-2H3,(H2,14,16)(H,17,18). The van der Waals surface area contributed by atoms with Crippen LogP contribution >= 0.6 is 15.9 Å². The molecule has 0 aliphatic carbocycles. The van der Waals surface area contributed by atoms with Crippen LogP contribution in [-0.2, 0) is 4.79 Å². The largest absolute Gasteiger partial charge is 0.480 e. The molecule has 0 aliphatic heterocycles. The summed E-state index contributed by atoms with van der Waals surface area (Å²) < 4.78 is 0.535. The van der Waals surface area contributed by atoms with E-state index >= 15 is 0 Å². The minimum Gasteiger partial charge on any atom is -0.480 e. The zero-order valence-corrected chi connectivity index (χ0v) is 11.7. The van der Waals surface area contributed by atoms with Crippen LogP contribution in [-0.4, -0.2) is 23.0 Å². The van der Waals surface area contributed by atoms with Gasteiger partial charge in [0.15, 0.2) is 0 Å². The molecule has 98 valence electrons. The van der Waals surface area contributed by atoms with Gasteiger partial charge in [-0.1, -0.05) is 19.9 Å². The third-order valence-electron chi connectivity index (χ3n) is 2.50. The van der Waals surface area contributed by atoms with Gasteiger partial charge in [-0.15, -0.1) is 0 Å². The van der Waals surface area contributed by atoms with Crippen LogP contribution in [0.3, 0.4) is 0 Å². The minimum atomic E-state index is -0.972. The van der Waals surface area contributed by atoms with Crippen LogP contribution in [0, 0.1) is 5.92 Å². The Hall–Kier alpha value is -1.56. The SMILES string of the molecule is CC(C)C(Nc1cccc(Br)c1C(N)=O)C(=O)O. The van der Waals surface area contributed by atoms with Crippen molar-refractivity contribution in [2.45, 2.75) is 19.9 Å². The maximum absolute atomic E-state index is 11.4. The van der Waals surface area contributed by atoms with E-state index in [1.807, 2.05) is 0 Å². The summed E-state index contributed by atoms with van der Waals surface area (Å²) in [5.41, 5.74) is 5.96. The molecule has 0 heterocycles. The summed E-state index contributed by atoms with van der Waals surface area (Å²) in [6, 6.07) is 4.23. The third-order valence-corrected chi connectivity index (χ3v) is 3.16. The Morgan fingerprint density at radius 1 is 1.39 bits per heavy atom. The molecule has 0 fully saturated rings. The van der Waals surface area contributed by atoms with Crippen LogP contribution in [0.5, 0.6) is 0 Å². The van der Waals surface area contributed by atoms with Crippen LogP contribution in [0.15, 0.2) is 22.7 Å². The number of carboxylic acid groups (broad SMARTS) is 1. The third kappa shape index (κ3) is 3.22. The summed E-state index contributed by atoms with van der Waals surface area (Å²) in [5.74, 6) is -1.71. The molecule has 1 atom stereocenters. The van der Waals surface area contributed by atoms with E-state index in [-0.39, 0.29) is 11.5 Å². The number of hydrogen-bond donors (Lipinski definition) is 3. The van der Waals surface area contributed by atoms with E-state index in [4.69, 9.17) is 10.8 Å². The van der Waals surface area contributed by atoms with Gasteiger partial charge in [0.05, 0.1) is 5.56 Å². The van der Waals surface area contributed by atoms with E-state index < -0.39 is 17.9 Å². The monoisotopic (exact) mass is 314 g/mol. The second-order valence-electron chi connectivity index (χ2n) is 4.23. The Morgan fingerprint density at radius 3 is 2.44 bits per heavy atom. The van der Waals surface area contributed by atoms with E-state index in [9.17, 15) is 9.59 Å². The summed E-state index contributed by atoms with van der Waals surface area (Å²) in [6.45, 7) is 3.57. The fourth-order valence-electron chi connectivity index (χ4n) is 1.58.